The smallest absolute Gasteiger partial charge is 0.395 e. The molecule has 0 unspecified atom stereocenters. The van der Waals surface area contributed by atoms with Crippen molar-refractivity contribution in [2.45, 2.75) is 40.3 Å². The van der Waals surface area contributed by atoms with Crippen LogP contribution in [0.3, 0.4) is 0 Å². The third-order valence-electron chi connectivity index (χ3n) is 8.31. The van der Waals surface area contributed by atoms with Crippen molar-refractivity contribution in [1.82, 2.24) is 39.5 Å². The van der Waals surface area contributed by atoms with Crippen molar-refractivity contribution >= 4 is 80.8 Å². The summed E-state index contributed by atoms with van der Waals surface area (Å²) in [5.41, 5.74) is 10.5. The first-order valence-corrected chi connectivity index (χ1v) is 19.5. The van der Waals surface area contributed by atoms with Gasteiger partial charge in [0.15, 0.2) is 28.8 Å². The van der Waals surface area contributed by atoms with Crippen LogP contribution in [0.15, 0.2) is 49.1 Å². The van der Waals surface area contributed by atoms with Crippen LogP contribution in [-0.4, -0.2) is 68.6 Å². The Balaban J connectivity index is 0.000000188. The largest absolute Gasteiger partial charge is 0.586 e. The minimum Gasteiger partial charge on any atom is -0.395 e. The van der Waals surface area contributed by atoms with Gasteiger partial charge in [-0.05, 0) is 74.7 Å². The molecule has 0 aliphatic carbocycles. The Kier molecular flexibility index (Phi) is 14.6. The number of nitrogens with one attached hydrogen (secondary N) is 1. The molecule has 0 radical (unpaired) electrons. The lowest BCUT2D eigenvalue weighted by Crippen LogP contribution is -2.25. The van der Waals surface area contributed by atoms with Crippen LogP contribution in [0.25, 0.3) is 22.5 Å². The van der Waals surface area contributed by atoms with E-state index in [1.54, 1.807) is 41.8 Å². The van der Waals surface area contributed by atoms with E-state index in [9.17, 15) is 27.2 Å². The van der Waals surface area contributed by atoms with Gasteiger partial charge < -0.3 is 30.0 Å². The number of amides is 1. The Labute approximate surface area is 374 Å². The summed E-state index contributed by atoms with van der Waals surface area (Å²) in [6.45, 7) is 6.88. The molecular weight excluding hydrogens is 934 g/mol. The van der Waals surface area contributed by atoms with Gasteiger partial charge in [0.05, 0.1) is 62.9 Å². The number of halogens is 9. The Hall–Kier alpha value is -5.67. The average Bonchev–Trinajstić information content (AvgIpc) is 3.83. The summed E-state index contributed by atoms with van der Waals surface area (Å²) in [6.07, 6.45) is -1.69. The first-order chi connectivity index (χ1) is 29.0. The van der Waals surface area contributed by atoms with E-state index in [4.69, 9.17) is 63.7 Å². The SMILES string of the molecule is Cc1cc2c(cc1-c1cnc(N)cn1)OC(F)(F)O2.Cc1cc2c(cc1-c1cnc(NC(=O)c3c(Cl)c(C)nn3C)cn1)OC(F)(F)O2.Cc1nn(C)c(C(=O)Cl)c1Cl.ClCCl. The molecule has 3 N–H and O–H groups in total. The van der Waals surface area contributed by atoms with E-state index in [-0.39, 0.29) is 56.4 Å². The summed E-state index contributed by atoms with van der Waals surface area (Å²) in [6, 6.07) is 5.77. The number of aryl methyl sites for hydroxylation is 6. The van der Waals surface area contributed by atoms with Gasteiger partial charge in [-0.3, -0.25) is 28.9 Å². The van der Waals surface area contributed by atoms with Crippen molar-refractivity contribution in [3.05, 3.63) is 93.0 Å². The van der Waals surface area contributed by atoms with E-state index in [0.29, 0.717) is 44.5 Å². The monoisotopic (exact) mass is 962 g/mol. The molecule has 4 aromatic heterocycles. The minimum absolute atomic E-state index is 0.00894. The number of rotatable bonds is 5. The molecule has 2 aromatic carbocycles. The topological polar surface area (TPSA) is 196 Å². The molecule has 0 saturated carbocycles. The zero-order valence-electron chi connectivity index (χ0n) is 32.8. The van der Waals surface area contributed by atoms with E-state index in [0.717, 1.165) is 5.56 Å². The lowest BCUT2D eigenvalue weighted by atomic mass is 10.1. The average molecular weight is 965 g/mol. The molecule has 62 heavy (non-hydrogen) atoms. The molecule has 25 heteroatoms. The molecule has 0 bridgehead atoms. The normalized spacial score (nSPS) is 13.5. The zero-order chi connectivity index (χ0) is 45.8. The Morgan fingerprint density at radius 1 is 0.677 bits per heavy atom. The fourth-order valence-electron chi connectivity index (χ4n) is 5.66. The van der Waals surface area contributed by atoms with Gasteiger partial charge in [-0.2, -0.15) is 10.2 Å². The predicted molar refractivity (Wildman–Crippen MR) is 222 cm³/mol. The number of aromatic nitrogens is 8. The van der Waals surface area contributed by atoms with Crippen LogP contribution in [0.2, 0.25) is 10.0 Å². The lowest BCUT2D eigenvalue weighted by Gasteiger charge is -2.08. The third kappa shape index (κ3) is 11.0. The Bertz CT molecular complexity index is 2630. The van der Waals surface area contributed by atoms with Crippen molar-refractivity contribution in [2.24, 2.45) is 14.1 Å². The summed E-state index contributed by atoms with van der Waals surface area (Å²) in [4.78, 5) is 39.6. The highest BCUT2D eigenvalue weighted by Crippen LogP contribution is 2.45. The van der Waals surface area contributed by atoms with E-state index < -0.39 is 23.7 Å². The highest BCUT2D eigenvalue weighted by molar-refractivity contribution is 6.68. The number of carbonyl (C=O) groups excluding carboxylic acids is 2. The molecule has 0 atom stereocenters. The Morgan fingerprint density at radius 3 is 1.42 bits per heavy atom. The number of benzene rings is 2. The summed E-state index contributed by atoms with van der Waals surface area (Å²) in [7, 11) is 3.23. The van der Waals surface area contributed by atoms with Gasteiger partial charge in [0, 0.05) is 25.2 Å². The number of ether oxygens (including phenoxy) is 4. The number of nitrogen functional groups attached to an aromatic ring is 1. The van der Waals surface area contributed by atoms with Gasteiger partial charge in [-0.15, -0.1) is 40.8 Å². The third-order valence-corrected chi connectivity index (χ3v) is 9.40. The number of hydrogen-bond acceptors (Lipinski definition) is 13. The molecule has 2 aliphatic rings. The lowest BCUT2D eigenvalue weighted by molar-refractivity contribution is -0.287. The van der Waals surface area contributed by atoms with E-state index >= 15 is 0 Å². The molecule has 0 saturated heterocycles. The van der Waals surface area contributed by atoms with Crippen LogP contribution in [0.4, 0.5) is 29.2 Å². The maximum atomic E-state index is 13.2. The van der Waals surface area contributed by atoms with Crippen LogP contribution in [0, 0.1) is 27.7 Å². The first kappa shape index (κ1) is 47.4. The molecule has 16 nitrogen and oxygen atoms in total. The van der Waals surface area contributed by atoms with Crippen LogP contribution in [0.5, 0.6) is 23.0 Å². The molecule has 1 amide bonds. The maximum Gasteiger partial charge on any atom is 0.586 e. The fraction of sp³-hybridized carbons (Fsp3) is 0.243. The van der Waals surface area contributed by atoms with Gasteiger partial charge in [0.25, 0.3) is 11.1 Å². The number of nitrogens with two attached hydrogens (primary N) is 1. The second kappa shape index (κ2) is 19.2. The molecule has 2 aliphatic heterocycles. The maximum absolute atomic E-state index is 13.2. The number of nitrogens with zero attached hydrogens (tertiary/aromatic N) is 8. The van der Waals surface area contributed by atoms with Gasteiger partial charge >= 0.3 is 12.6 Å². The van der Waals surface area contributed by atoms with Gasteiger partial charge in [0.1, 0.15) is 17.2 Å². The van der Waals surface area contributed by atoms with Gasteiger partial charge in [-0.25, -0.2) is 9.97 Å². The minimum atomic E-state index is -3.70. The zero-order valence-corrected chi connectivity index (χ0v) is 36.6. The van der Waals surface area contributed by atoms with E-state index in [2.05, 4.69) is 54.4 Å². The van der Waals surface area contributed by atoms with E-state index in [1.165, 1.54) is 58.4 Å². The molecule has 0 fully saturated rings. The van der Waals surface area contributed by atoms with Crippen LogP contribution >= 0.6 is 58.0 Å². The Morgan fingerprint density at radius 2 is 1.08 bits per heavy atom. The van der Waals surface area contributed by atoms with Crippen LogP contribution in [-0.2, 0) is 14.1 Å². The summed E-state index contributed by atoms with van der Waals surface area (Å²) >= 11 is 26.6. The molecule has 8 rings (SSSR count). The number of hydrogen-bond donors (Lipinski definition) is 2. The van der Waals surface area contributed by atoms with Crippen LogP contribution in [0.1, 0.15) is 43.5 Å². The van der Waals surface area contributed by atoms with Crippen molar-refractivity contribution in [1.29, 1.82) is 0 Å². The number of anilines is 2. The molecular formula is C37H31Cl5F4N10O6. The van der Waals surface area contributed by atoms with Gasteiger partial charge in [-0.1, -0.05) is 23.2 Å². The van der Waals surface area contributed by atoms with E-state index in [1.807, 2.05) is 0 Å². The summed E-state index contributed by atoms with van der Waals surface area (Å²) in [5.74, 6) is -0.153. The standard InChI is InChI=1S/C18H14ClF2N5O3.C12H9F2N3O2.C6H6Cl2N2O.CH2Cl2/c1-8-4-12-13(29-18(20,21)28-12)5-10(8)11-6-23-14(7-22-11)24-17(27)16-15(19)9(2)25-26(16)3;1-6-2-9-10(19-12(13,14)18-9)3-7(6)8-4-17-11(15)5-16-8;1-3-4(7)5(6(8)11)10(2)9-3;2-1-3/h4-7H,1-3H3,(H,23,24,27);2-5H,1H3,(H2,15,17);1-2H3;1H2. The number of fused-ring (bicyclic) bond motifs is 2. The quantitative estimate of drug-likeness (QED) is 0.0943. The summed E-state index contributed by atoms with van der Waals surface area (Å²) < 4.78 is 72.9. The first-order valence-electron chi connectivity index (χ1n) is 17.3. The van der Waals surface area contributed by atoms with Crippen molar-refractivity contribution in [3.63, 3.8) is 0 Å². The molecule has 0 spiro atoms. The number of alkyl halides is 6. The second-order valence-electron chi connectivity index (χ2n) is 12.7. The number of carbonyl (C=O) groups is 2. The van der Waals surface area contributed by atoms with Crippen molar-refractivity contribution < 1.29 is 46.1 Å². The predicted octanol–water partition coefficient (Wildman–Crippen LogP) is 9.26. The van der Waals surface area contributed by atoms with Crippen LogP contribution < -0.4 is 30.0 Å². The molecule has 328 valence electrons. The highest BCUT2D eigenvalue weighted by atomic mass is 35.5. The molecule has 6 aromatic rings. The second-order valence-corrected chi connectivity index (χ2v) is 14.7. The van der Waals surface area contributed by atoms with Crippen molar-refractivity contribution in [3.8, 4) is 45.5 Å². The van der Waals surface area contributed by atoms with Crippen molar-refractivity contribution in [2.75, 3.05) is 16.4 Å². The highest BCUT2D eigenvalue weighted by Gasteiger charge is 2.44. The van der Waals surface area contributed by atoms with Gasteiger partial charge in [0.2, 0.25) is 0 Å². The summed E-state index contributed by atoms with van der Waals surface area (Å²) in [5, 5.41) is 10.8. The fourth-order valence-corrected chi connectivity index (χ4v) is 6.41. The molecule has 6 heterocycles.